The van der Waals surface area contributed by atoms with Crippen LogP contribution in [0.5, 0.6) is 0 Å². The van der Waals surface area contributed by atoms with E-state index in [1.165, 1.54) is 4.31 Å². The van der Waals surface area contributed by atoms with Gasteiger partial charge in [-0.15, -0.1) is 0 Å². The number of hydrogen-bond acceptors (Lipinski definition) is 4. The van der Waals surface area contributed by atoms with Gasteiger partial charge in [-0.3, -0.25) is 13.9 Å². The Morgan fingerprint density at radius 1 is 0.939 bits per heavy atom. The lowest BCUT2D eigenvalue weighted by Crippen LogP contribution is -2.29. The normalized spacial score (nSPS) is 13.8. The third kappa shape index (κ3) is 4.57. The topological polar surface area (TPSA) is 95.6 Å². The second kappa shape index (κ2) is 9.62. The monoisotopic (exact) mass is 465 g/mol. The summed E-state index contributed by atoms with van der Waals surface area (Å²) < 4.78 is 27.5. The van der Waals surface area contributed by atoms with Crippen molar-refractivity contribution in [3.63, 3.8) is 0 Å². The van der Waals surface area contributed by atoms with Crippen molar-refractivity contribution in [3.8, 4) is 0 Å². The van der Waals surface area contributed by atoms with E-state index in [4.69, 9.17) is 0 Å². The Bertz CT molecular complexity index is 1300. The number of para-hydroxylation sites is 1. The molecule has 2 N–H and O–H groups in total. The first-order chi connectivity index (χ1) is 15.9. The number of anilines is 2. The van der Waals surface area contributed by atoms with Gasteiger partial charge in [0.15, 0.2) is 0 Å². The number of hydrogen-bond donors (Lipinski definition) is 2. The highest BCUT2D eigenvalue weighted by atomic mass is 32.2. The molecule has 0 unspecified atom stereocenters. The van der Waals surface area contributed by atoms with Crippen LogP contribution in [-0.4, -0.2) is 33.3 Å². The standard InChI is InChI=1S/C25H27N3O4S/c1-2-3-16-26-25(30)19-11-4-5-12-20(19)27-23(29)15-8-17-28-21-13-6-9-18-10-7-14-22(24(18)21)33(28,31)32/h4-7,9-14H,2-3,8,15-17H2,1H3,(H,26,30)(H,27,29). The highest BCUT2D eigenvalue weighted by molar-refractivity contribution is 7.93. The average Bonchev–Trinajstić information content (AvgIpc) is 3.03. The Balaban J connectivity index is 1.40. The minimum atomic E-state index is -3.64. The van der Waals surface area contributed by atoms with E-state index in [-0.39, 0.29) is 24.8 Å². The van der Waals surface area contributed by atoms with E-state index < -0.39 is 10.0 Å². The van der Waals surface area contributed by atoms with Crippen molar-refractivity contribution in [2.45, 2.75) is 37.5 Å². The molecule has 8 heteroatoms. The molecule has 0 aromatic heterocycles. The van der Waals surface area contributed by atoms with Crippen LogP contribution in [0, 0.1) is 0 Å². The zero-order chi connectivity index (χ0) is 23.4. The van der Waals surface area contributed by atoms with Crippen LogP contribution in [0.3, 0.4) is 0 Å². The molecule has 0 aliphatic carbocycles. The molecule has 1 aliphatic rings. The summed E-state index contributed by atoms with van der Waals surface area (Å²) >= 11 is 0. The third-order valence-electron chi connectivity index (χ3n) is 5.71. The zero-order valence-corrected chi connectivity index (χ0v) is 19.3. The maximum atomic E-state index is 13.0. The molecule has 0 saturated heterocycles. The molecule has 0 saturated carbocycles. The van der Waals surface area contributed by atoms with Crippen molar-refractivity contribution in [2.75, 3.05) is 22.7 Å². The number of carbonyl (C=O) groups is 2. The van der Waals surface area contributed by atoms with Crippen LogP contribution in [0.15, 0.2) is 65.6 Å². The number of sulfonamides is 1. The zero-order valence-electron chi connectivity index (χ0n) is 18.5. The van der Waals surface area contributed by atoms with Gasteiger partial charge < -0.3 is 10.6 Å². The molecule has 0 radical (unpaired) electrons. The summed E-state index contributed by atoms with van der Waals surface area (Å²) in [5.41, 5.74) is 1.51. The predicted molar refractivity (Wildman–Crippen MR) is 130 cm³/mol. The van der Waals surface area contributed by atoms with Gasteiger partial charge in [0.2, 0.25) is 5.91 Å². The van der Waals surface area contributed by atoms with Crippen molar-refractivity contribution in [2.24, 2.45) is 0 Å². The van der Waals surface area contributed by atoms with E-state index in [0.717, 1.165) is 23.6 Å². The minimum Gasteiger partial charge on any atom is -0.352 e. The van der Waals surface area contributed by atoms with E-state index in [1.807, 2.05) is 25.1 Å². The molecule has 2 amide bonds. The van der Waals surface area contributed by atoms with Crippen molar-refractivity contribution in [1.82, 2.24) is 5.32 Å². The first-order valence-corrected chi connectivity index (χ1v) is 12.6. The van der Waals surface area contributed by atoms with Crippen LogP contribution in [-0.2, 0) is 14.8 Å². The highest BCUT2D eigenvalue weighted by Gasteiger charge is 2.35. The number of amides is 2. The fourth-order valence-electron chi connectivity index (χ4n) is 4.06. The number of rotatable bonds is 9. The first kappa shape index (κ1) is 22.8. The molecule has 0 bridgehead atoms. The molecule has 33 heavy (non-hydrogen) atoms. The summed E-state index contributed by atoms with van der Waals surface area (Å²) in [4.78, 5) is 25.3. The van der Waals surface area contributed by atoms with Crippen LogP contribution < -0.4 is 14.9 Å². The molecule has 0 atom stereocenters. The van der Waals surface area contributed by atoms with Crippen molar-refractivity contribution in [1.29, 1.82) is 0 Å². The fourth-order valence-corrected chi connectivity index (χ4v) is 5.81. The second-order valence-corrected chi connectivity index (χ2v) is 9.85. The number of nitrogens with zero attached hydrogens (tertiary/aromatic N) is 1. The molecule has 7 nitrogen and oxygen atoms in total. The predicted octanol–water partition coefficient (Wildman–Crippen LogP) is 4.30. The van der Waals surface area contributed by atoms with Gasteiger partial charge >= 0.3 is 0 Å². The van der Waals surface area contributed by atoms with Gasteiger partial charge in [0.25, 0.3) is 15.9 Å². The average molecular weight is 466 g/mol. The lowest BCUT2D eigenvalue weighted by molar-refractivity contribution is -0.116. The highest BCUT2D eigenvalue weighted by Crippen LogP contribution is 2.41. The summed E-state index contributed by atoms with van der Waals surface area (Å²) in [6.45, 7) is 2.83. The van der Waals surface area contributed by atoms with Gasteiger partial charge in [0.05, 0.1) is 21.8 Å². The Morgan fingerprint density at radius 2 is 1.70 bits per heavy atom. The Morgan fingerprint density at radius 3 is 2.48 bits per heavy atom. The van der Waals surface area contributed by atoms with Crippen LogP contribution in [0.25, 0.3) is 10.8 Å². The van der Waals surface area contributed by atoms with Gasteiger partial charge in [-0.2, -0.15) is 0 Å². The smallest absolute Gasteiger partial charge is 0.265 e. The SMILES string of the molecule is CCCCNC(=O)c1ccccc1NC(=O)CCCN1c2cccc3cccc(c23)S1(=O)=O. The van der Waals surface area contributed by atoms with E-state index >= 15 is 0 Å². The molecule has 4 rings (SSSR count). The summed E-state index contributed by atoms with van der Waals surface area (Å²) in [5.74, 6) is -0.496. The van der Waals surface area contributed by atoms with Crippen molar-refractivity contribution >= 4 is 44.0 Å². The second-order valence-electron chi connectivity index (χ2n) is 8.02. The van der Waals surface area contributed by atoms with E-state index in [9.17, 15) is 18.0 Å². The van der Waals surface area contributed by atoms with Crippen LogP contribution in [0.4, 0.5) is 11.4 Å². The van der Waals surface area contributed by atoms with Gasteiger partial charge in [-0.05, 0) is 42.5 Å². The fraction of sp³-hybridized carbons (Fsp3) is 0.280. The lowest BCUT2D eigenvalue weighted by atomic mass is 10.1. The molecule has 3 aromatic rings. The maximum absolute atomic E-state index is 13.0. The van der Waals surface area contributed by atoms with Crippen LogP contribution >= 0.6 is 0 Å². The van der Waals surface area contributed by atoms with Crippen molar-refractivity contribution < 1.29 is 18.0 Å². The Labute approximate surface area is 193 Å². The maximum Gasteiger partial charge on any atom is 0.265 e. The third-order valence-corrected chi connectivity index (χ3v) is 7.56. The Hall–Kier alpha value is -3.39. The number of benzene rings is 3. The quantitative estimate of drug-likeness (QED) is 0.461. The summed E-state index contributed by atoms with van der Waals surface area (Å²) in [6.07, 6.45) is 2.34. The van der Waals surface area contributed by atoms with E-state index in [0.29, 0.717) is 34.8 Å². The van der Waals surface area contributed by atoms with Crippen LogP contribution in [0.1, 0.15) is 43.0 Å². The lowest BCUT2D eigenvalue weighted by Gasteiger charge is -2.18. The molecule has 1 heterocycles. The molecular weight excluding hydrogens is 438 g/mol. The molecule has 0 spiro atoms. The summed E-state index contributed by atoms with van der Waals surface area (Å²) in [7, 11) is -3.64. The largest absolute Gasteiger partial charge is 0.352 e. The number of nitrogens with one attached hydrogen (secondary N) is 2. The van der Waals surface area contributed by atoms with Gasteiger partial charge in [0.1, 0.15) is 0 Å². The Kier molecular flexibility index (Phi) is 6.65. The van der Waals surface area contributed by atoms with Crippen LogP contribution in [0.2, 0.25) is 0 Å². The molecule has 172 valence electrons. The van der Waals surface area contributed by atoms with E-state index in [2.05, 4.69) is 10.6 Å². The van der Waals surface area contributed by atoms with Crippen molar-refractivity contribution in [3.05, 3.63) is 66.2 Å². The van der Waals surface area contributed by atoms with Gasteiger partial charge in [-0.1, -0.05) is 49.7 Å². The molecule has 1 aliphatic heterocycles. The van der Waals surface area contributed by atoms with E-state index in [1.54, 1.807) is 42.5 Å². The first-order valence-electron chi connectivity index (χ1n) is 11.1. The molecular formula is C25H27N3O4S. The van der Waals surface area contributed by atoms with Gasteiger partial charge in [0, 0.05) is 24.9 Å². The number of unbranched alkanes of at least 4 members (excludes halogenated alkanes) is 1. The van der Waals surface area contributed by atoms with Gasteiger partial charge in [-0.25, -0.2) is 8.42 Å². The summed E-state index contributed by atoms with van der Waals surface area (Å²) in [6, 6.07) is 17.7. The minimum absolute atomic E-state index is 0.129. The number of carbonyl (C=O) groups excluding carboxylic acids is 2. The molecule has 0 fully saturated rings. The molecule has 3 aromatic carbocycles. The summed E-state index contributed by atoms with van der Waals surface area (Å²) in [5, 5.41) is 7.26.